The van der Waals surface area contributed by atoms with Gasteiger partial charge in [-0.05, 0) is 42.3 Å². The lowest BCUT2D eigenvalue weighted by Gasteiger charge is -2.19. The fourth-order valence-electron chi connectivity index (χ4n) is 2.20. The lowest BCUT2D eigenvalue weighted by Crippen LogP contribution is -2.21. The molecule has 1 heterocycles. The second kappa shape index (κ2) is 5.29. The fraction of sp³-hybridized carbons (Fsp3) is 0.133. The van der Waals surface area contributed by atoms with E-state index in [1.54, 1.807) is 0 Å². The average Bonchev–Trinajstić information content (AvgIpc) is 2.47. The van der Waals surface area contributed by atoms with E-state index in [4.69, 9.17) is 0 Å². The van der Waals surface area contributed by atoms with Gasteiger partial charge in [0.25, 0.3) is 10.0 Å². The number of amidine groups is 1. The molecule has 2 aromatic rings. The van der Waals surface area contributed by atoms with Gasteiger partial charge >= 0.3 is 0 Å². The zero-order valence-corrected chi connectivity index (χ0v) is 11.9. The van der Waals surface area contributed by atoms with E-state index in [1.165, 1.54) is 12.1 Å². The number of para-hydroxylation sites is 1. The summed E-state index contributed by atoms with van der Waals surface area (Å²) in [5, 5.41) is 3.03. The van der Waals surface area contributed by atoms with Crippen LogP contribution in [-0.2, 0) is 16.4 Å². The Labute approximate surface area is 122 Å². The topological polar surface area (TPSA) is 58.5 Å². The van der Waals surface area contributed by atoms with Crippen LogP contribution >= 0.6 is 0 Å². The van der Waals surface area contributed by atoms with Crippen molar-refractivity contribution in [2.24, 2.45) is 4.40 Å². The molecule has 6 heteroatoms. The van der Waals surface area contributed by atoms with Gasteiger partial charge in [-0.15, -0.1) is 4.40 Å². The summed E-state index contributed by atoms with van der Waals surface area (Å²) in [6.07, 6.45) is 1.26. The minimum Gasteiger partial charge on any atom is -0.343 e. The van der Waals surface area contributed by atoms with Crippen molar-refractivity contribution < 1.29 is 12.8 Å². The standard InChI is InChI=1S/C15H13FN2O2S/c16-12-6-8-13(9-7-12)21(19,20)18-15-10-5-11-3-1-2-4-14(11)17-15/h1-4,6-9H,5,10H2,(H,17,18). The summed E-state index contributed by atoms with van der Waals surface area (Å²) in [5.74, 6) is -0.0793. The molecule has 21 heavy (non-hydrogen) atoms. The summed E-state index contributed by atoms with van der Waals surface area (Å²) in [5.41, 5.74) is 2.01. The Bertz CT molecular complexity index is 799. The van der Waals surface area contributed by atoms with E-state index in [0.717, 1.165) is 29.8 Å². The molecule has 1 N–H and O–H groups in total. The van der Waals surface area contributed by atoms with Crippen molar-refractivity contribution >= 4 is 21.5 Å². The van der Waals surface area contributed by atoms with Crippen LogP contribution in [0, 0.1) is 5.82 Å². The highest BCUT2D eigenvalue weighted by Gasteiger charge is 2.18. The predicted octanol–water partition coefficient (Wildman–Crippen LogP) is 2.97. The summed E-state index contributed by atoms with van der Waals surface area (Å²) in [4.78, 5) is -0.0166. The predicted molar refractivity (Wildman–Crippen MR) is 79.4 cm³/mol. The van der Waals surface area contributed by atoms with Crippen LogP contribution in [0.25, 0.3) is 0 Å². The monoisotopic (exact) mass is 304 g/mol. The zero-order valence-electron chi connectivity index (χ0n) is 11.1. The van der Waals surface area contributed by atoms with E-state index in [-0.39, 0.29) is 4.90 Å². The van der Waals surface area contributed by atoms with Crippen molar-refractivity contribution in [1.29, 1.82) is 0 Å². The van der Waals surface area contributed by atoms with E-state index in [9.17, 15) is 12.8 Å². The van der Waals surface area contributed by atoms with E-state index in [2.05, 4.69) is 9.71 Å². The summed E-state index contributed by atoms with van der Waals surface area (Å²) in [6, 6.07) is 12.3. The van der Waals surface area contributed by atoms with E-state index in [0.29, 0.717) is 12.3 Å². The van der Waals surface area contributed by atoms with Crippen molar-refractivity contribution in [1.82, 2.24) is 0 Å². The van der Waals surface area contributed by atoms with Crippen molar-refractivity contribution in [3.05, 3.63) is 59.9 Å². The first-order chi connectivity index (χ1) is 10.0. The second-order valence-electron chi connectivity index (χ2n) is 4.75. The quantitative estimate of drug-likeness (QED) is 0.928. The highest BCUT2D eigenvalue weighted by Crippen LogP contribution is 2.23. The maximum Gasteiger partial charge on any atom is 0.283 e. The van der Waals surface area contributed by atoms with Gasteiger partial charge < -0.3 is 5.32 Å². The largest absolute Gasteiger partial charge is 0.343 e. The number of sulfonamides is 1. The Morgan fingerprint density at radius 2 is 1.71 bits per heavy atom. The maximum absolute atomic E-state index is 12.9. The average molecular weight is 304 g/mol. The molecule has 0 amide bonds. The molecule has 0 saturated heterocycles. The summed E-state index contributed by atoms with van der Waals surface area (Å²) < 4.78 is 41.0. The number of halogens is 1. The van der Waals surface area contributed by atoms with Crippen LogP contribution in [0.15, 0.2) is 57.8 Å². The Balaban J connectivity index is 1.90. The number of hydrogen-bond acceptors (Lipinski definition) is 2. The number of aryl methyl sites for hydroxylation is 1. The Hall–Kier alpha value is -2.21. The first-order valence-electron chi connectivity index (χ1n) is 6.49. The zero-order chi connectivity index (χ0) is 14.9. The molecule has 1 aliphatic rings. The molecule has 0 spiro atoms. The van der Waals surface area contributed by atoms with Crippen LogP contribution in [0.2, 0.25) is 0 Å². The second-order valence-corrected chi connectivity index (χ2v) is 6.35. The highest BCUT2D eigenvalue weighted by atomic mass is 32.2. The molecule has 1 aliphatic heterocycles. The Morgan fingerprint density at radius 1 is 1.00 bits per heavy atom. The third-order valence-electron chi connectivity index (χ3n) is 3.27. The van der Waals surface area contributed by atoms with Gasteiger partial charge in [-0.2, -0.15) is 8.42 Å². The first kappa shape index (κ1) is 13.8. The van der Waals surface area contributed by atoms with E-state index in [1.807, 2.05) is 24.3 Å². The first-order valence-corrected chi connectivity index (χ1v) is 7.93. The minimum atomic E-state index is -3.82. The van der Waals surface area contributed by atoms with Crippen molar-refractivity contribution in [2.45, 2.75) is 17.7 Å². The van der Waals surface area contributed by atoms with Gasteiger partial charge in [-0.1, -0.05) is 18.2 Å². The summed E-state index contributed by atoms with van der Waals surface area (Å²) >= 11 is 0. The SMILES string of the molecule is O=S(=O)(N=C1CCc2ccccc2N1)c1ccc(F)cc1. The van der Waals surface area contributed by atoms with Gasteiger partial charge in [-0.25, -0.2) is 4.39 Å². The molecular formula is C15H13FN2O2S. The number of hydrogen-bond donors (Lipinski definition) is 1. The number of benzene rings is 2. The van der Waals surface area contributed by atoms with Gasteiger partial charge in [0.2, 0.25) is 0 Å². The lowest BCUT2D eigenvalue weighted by molar-refractivity contribution is 0.596. The van der Waals surface area contributed by atoms with Gasteiger partial charge in [0.15, 0.2) is 0 Å². The van der Waals surface area contributed by atoms with Crippen LogP contribution in [-0.4, -0.2) is 14.3 Å². The van der Waals surface area contributed by atoms with Gasteiger partial charge in [-0.3, -0.25) is 0 Å². The smallest absolute Gasteiger partial charge is 0.283 e. The van der Waals surface area contributed by atoms with Crippen LogP contribution in [0.1, 0.15) is 12.0 Å². The number of nitrogens with zero attached hydrogens (tertiary/aromatic N) is 1. The third kappa shape index (κ3) is 2.95. The van der Waals surface area contributed by atoms with Crippen LogP contribution < -0.4 is 5.32 Å². The molecular weight excluding hydrogens is 291 g/mol. The molecule has 3 rings (SSSR count). The van der Waals surface area contributed by atoms with Crippen LogP contribution in [0.5, 0.6) is 0 Å². The van der Waals surface area contributed by atoms with Gasteiger partial charge in [0.05, 0.1) is 4.90 Å². The summed E-state index contributed by atoms with van der Waals surface area (Å²) in [7, 11) is -3.82. The van der Waals surface area contributed by atoms with Crippen LogP contribution in [0.3, 0.4) is 0 Å². The molecule has 0 aliphatic carbocycles. The van der Waals surface area contributed by atoms with E-state index < -0.39 is 15.8 Å². The minimum absolute atomic E-state index is 0.0166. The highest BCUT2D eigenvalue weighted by molar-refractivity contribution is 7.90. The number of nitrogens with one attached hydrogen (secondary N) is 1. The number of anilines is 1. The van der Waals surface area contributed by atoms with E-state index >= 15 is 0 Å². The van der Waals surface area contributed by atoms with Crippen molar-refractivity contribution in [3.63, 3.8) is 0 Å². The Morgan fingerprint density at radius 3 is 2.48 bits per heavy atom. The molecule has 0 bridgehead atoms. The lowest BCUT2D eigenvalue weighted by atomic mass is 10.0. The fourth-order valence-corrected chi connectivity index (χ4v) is 3.22. The molecule has 0 radical (unpaired) electrons. The Kier molecular flexibility index (Phi) is 3.47. The van der Waals surface area contributed by atoms with Crippen molar-refractivity contribution in [3.8, 4) is 0 Å². The number of rotatable bonds is 2. The summed E-state index contributed by atoms with van der Waals surface area (Å²) in [6.45, 7) is 0. The van der Waals surface area contributed by atoms with Gasteiger partial charge in [0, 0.05) is 12.1 Å². The number of fused-ring (bicyclic) bond motifs is 1. The van der Waals surface area contributed by atoms with Crippen molar-refractivity contribution in [2.75, 3.05) is 5.32 Å². The molecule has 0 unspecified atom stereocenters. The maximum atomic E-state index is 12.9. The molecule has 0 saturated carbocycles. The molecule has 2 aromatic carbocycles. The third-order valence-corrected chi connectivity index (χ3v) is 4.60. The van der Waals surface area contributed by atoms with Gasteiger partial charge in [0.1, 0.15) is 11.7 Å². The molecule has 108 valence electrons. The molecule has 0 aromatic heterocycles. The molecule has 0 atom stereocenters. The normalized spacial score (nSPS) is 16.3. The molecule has 4 nitrogen and oxygen atoms in total. The molecule has 0 fully saturated rings. The van der Waals surface area contributed by atoms with Crippen LogP contribution in [0.4, 0.5) is 10.1 Å².